The van der Waals surface area contributed by atoms with Crippen LogP contribution in [-0.4, -0.2) is 37.2 Å². The second-order valence-corrected chi connectivity index (χ2v) is 5.43. The Bertz CT molecular complexity index is 678. The van der Waals surface area contributed by atoms with Crippen LogP contribution in [0.3, 0.4) is 0 Å². The molecule has 1 aromatic rings. The van der Waals surface area contributed by atoms with Crippen LogP contribution in [0.5, 0.6) is 5.75 Å². The Balaban J connectivity index is 3.20. The first-order valence-electron chi connectivity index (χ1n) is 6.02. The minimum atomic E-state index is -4.69. The highest BCUT2D eigenvalue weighted by atomic mass is 31.2. The average molecular weight is 331 g/mol. The van der Waals surface area contributed by atoms with Crippen LogP contribution in [0.15, 0.2) is 18.0 Å². The van der Waals surface area contributed by atoms with Gasteiger partial charge >= 0.3 is 13.8 Å². The molecule has 22 heavy (non-hydrogen) atoms. The summed E-state index contributed by atoms with van der Waals surface area (Å²) in [4.78, 5) is 34.7. The summed E-state index contributed by atoms with van der Waals surface area (Å²) >= 11 is 0. The first-order chi connectivity index (χ1) is 10.2. The maximum Gasteiger partial charge on any atom is 0.469 e. The second-order valence-electron chi connectivity index (χ2n) is 4.19. The van der Waals surface area contributed by atoms with E-state index < -0.39 is 20.4 Å². The molecule has 5 N–H and O–H groups in total. The number of pyridine rings is 1. The molecule has 0 unspecified atom stereocenters. The van der Waals surface area contributed by atoms with E-state index in [0.717, 1.165) is 0 Å². The smallest absolute Gasteiger partial charge is 0.469 e. The molecule has 0 bridgehead atoms. The summed E-state index contributed by atoms with van der Waals surface area (Å²) in [6, 6.07) is 0. The van der Waals surface area contributed by atoms with Crippen LogP contribution in [0.1, 0.15) is 23.7 Å². The summed E-state index contributed by atoms with van der Waals surface area (Å²) < 4.78 is 15.1. The van der Waals surface area contributed by atoms with E-state index in [1.54, 1.807) is 0 Å². The molecule has 0 saturated heterocycles. The van der Waals surface area contributed by atoms with Crippen LogP contribution in [0.2, 0.25) is 0 Å². The highest BCUT2D eigenvalue weighted by molar-refractivity contribution is 7.46. The number of phosphoric acid groups is 1. The van der Waals surface area contributed by atoms with E-state index in [-0.39, 0.29) is 28.3 Å². The number of aryl methyl sites for hydroxylation is 1. The lowest BCUT2D eigenvalue weighted by Crippen LogP contribution is -2.68. The van der Waals surface area contributed by atoms with Gasteiger partial charge in [0.2, 0.25) is 0 Å². The van der Waals surface area contributed by atoms with Gasteiger partial charge in [0.25, 0.3) is 5.70 Å². The number of carboxylic acids is 1. The highest BCUT2D eigenvalue weighted by Gasteiger charge is 2.19. The summed E-state index contributed by atoms with van der Waals surface area (Å²) in [7, 11) is -4.69. The van der Waals surface area contributed by atoms with Crippen molar-refractivity contribution in [2.24, 2.45) is 0 Å². The van der Waals surface area contributed by atoms with Gasteiger partial charge in [-0.1, -0.05) is 0 Å². The normalized spacial score (nSPS) is 12.8. The average Bonchev–Trinajstić information content (AvgIpc) is 2.41. The topological polar surface area (TPSA) is 151 Å². The lowest BCUT2D eigenvalue weighted by molar-refractivity contribution is -0.387. The standard InChI is InChI=1S/C12H15N2O7P/c1-3-10(12(16)17)14-5-9-8(6-21-22(18,19)20)4-13-7(2)11(9)15/h3-5,15H,6H2,1-2H3,(H,16,17)(H2,18,19,20)/p+1/b10-3+,14-5?. The first-order valence-corrected chi connectivity index (χ1v) is 7.55. The Morgan fingerprint density at radius 2 is 2.14 bits per heavy atom. The highest BCUT2D eigenvalue weighted by Crippen LogP contribution is 2.37. The summed E-state index contributed by atoms with van der Waals surface area (Å²) in [6.07, 6.45) is 3.79. The SMILES string of the molecule is C/C=C(/[NH+]=Cc1c(COP(=O)(O)O)cnc(C)c1O)C(=O)O. The molecule has 0 aliphatic carbocycles. The molecule has 1 rings (SSSR count). The van der Waals surface area contributed by atoms with Crippen molar-refractivity contribution in [1.82, 2.24) is 4.98 Å². The molecule has 10 heteroatoms. The van der Waals surface area contributed by atoms with Crippen LogP contribution in [0.25, 0.3) is 0 Å². The van der Waals surface area contributed by atoms with Crippen molar-refractivity contribution in [3.63, 3.8) is 0 Å². The number of hydrogen-bond donors (Lipinski definition) is 5. The Morgan fingerprint density at radius 1 is 1.50 bits per heavy atom. The van der Waals surface area contributed by atoms with E-state index in [4.69, 9.17) is 14.9 Å². The van der Waals surface area contributed by atoms with Crippen LogP contribution in [-0.2, 0) is 20.5 Å². The Hall–Kier alpha value is -2.06. The second kappa shape index (κ2) is 7.28. The van der Waals surface area contributed by atoms with Gasteiger partial charge in [-0.25, -0.2) is 14.4 Å². The van der Waals surface area contributed by atoms with Crippen molar-refractivity contribution in [2.75, 3.05) is 0 Å². The van der Waals surface area contributed by atoms with Gasteiger partial charge in [0.05, 0.1) is 17.9 Å². The fourth-order valence-electron chi connectivity index (χ4n) is 1.50. The van der Waals surface area contributed by atoms with Crippen molar-refractivity contribution < 1.29 is 38.9 Å². The number of allylic oxidation sites excluding steroid dienone is 1. The summed E-state index contributed by atoms with van der Waals surface area (Å²) in [5.41, 5.74) is 0.447. The molecule has 0 saturated carbocycles. The number of carbonyl (C=O) groups is 1. The van der Waals surface area contributed by atoms with Gasteiger partial charge in [-0.3, -0.25) is 9.51 Å². The molecular weight excluding hydrogens is 315 g/mol. The zero-order chi connectivity index (χ0) is 16.9. The van der Waals surface area contributed by atoms with Crippen molar-refractivity contribution in [2.45, 2.75) is 20.5 Å². The molecule has 1 heterocycles. The van der Waals surface area contributed by atoms with Gasteiger partial charge in [-0.05, 0) is 19.9 Å². The first kappa shape index (κ1) is 18.0. The number of aromatic nitrogens is 1. The van der Waals surface area contributed by atoms with Gasteiger partial charge in [-0.2, -0.15) is 0 Å². The molecule has 0 fully saturated rings. The maximum absolute atomic E-state index is 10.9. The molecule has 0 spiro atoms. The van der Waals surface area contributed by atoms with Gasteiger partial charge in [0, 0.05) is 11.8 Å². The number of aromatic hydroxyl groups is 1. The number of hydrogen-bond acceptors (Lipinski definition) is 5. The minimum Gasteiger partial charge on any atom is -0.505 e. The number of rotatable bonds is 6. The fraction of sp³-hybridized carbons (Fsp3) is 0.250. The molecule has 0 radical (unpaired) electrons. The summed E-state index contributed by atoms with van der Waals surface area (Å²) in [5, 5.41) is 18.9. The molecule has 0 amide bonds. The van der Waals surface area contributed by atoms with E-state index in [0.29, 0.717) is 0 Å². The van der Waals surface area contributed by atoms with Crippen molar-refractivity contribution >= 4 is 20.0 Å². The summed E-state index contributed by atoms with van der Waals surface area (Å²) in [6.45, 7) is 2.53. The number of carboxylic acid groups (broad SMARTS) is 1. The quantitative estimate of drug-likeness (QED) is 0.258. The van der Waals surface area contributed by atoms with Crippen LogP contribution >= 0.6 is 7.82 Å². The number of phosphoric ester groups is 1. The Labute approximate surface area is 125 Å². The number of nitrogens with zero attached hydrogens (tertiary/aromatic N) is 1. The predicted octanol–water partition coefficient (Wildman–Crippen LogP) is -0.807. The van der Waals surface area contributed by atoms with Gasteiger partial charge in [-0.15, -0.1) is 0 Å². The van der Waals surface area contributed by atoms with E-state index in [1.807, 2.05) is 0 Å². The fourth-order valence-corrected chi connectivity index (χ4v) is 1.81. The van der Waals surface area contributed by atoms with Gasteiger partial charge < -0.3 is 20.0 Å². The molecule has 0 atom stereocenters. The lowest BCUT2D eigenvalue weighted by atomic mass is 10.1. The maximum atomic E-state index is 10.9. The molecule has 1 aromatic heterocycles. The largest absolute Gasteiger partial charge is 0.505 e. The third-order valence-corrected chi connectivity index (χ3v) is 3.10. The molecule has 0 aliphatic rings. The van der Waals surface area contributed by atoms with Crippen LogP contribution < -0.4 is 4.99 Å². The molecule has 120 valence electrons. The molecule has 9 nitrogen and oxygen atoms in total. The van der Waals surface area contributed by atoms with Crippen LogP contribution in [0, 0.1) is 6.92 Å². The van der Waals surface area contributed by atoms with E-state index in [1.165, 1.54) is 32.3 Å². The van der Waals surface area contributed by atoms with E-state index >= 15 is 0 Å². The third-order valence-electron chi connectivity index (χ3n) is 2.64. The predicted molar refractivity (Wildman–Crippen MR) is 75.0 cm³/mol. The molecular formula is C12H16N2O7P+. The third kappa shape index (κ3) is 5.05. The lowest BCUT2D eigenvalue weighted by Gasteiger charge is -2.09. The van der Waals surface area contributed by atoms with E-state index in [2.05, 4.69) is 14.5 Å². The van der Waals surface area contributed by atoms with Crippen LogP contribution in [0.4, 0.5) is 0 Å². The Morgan fingerprint density at radius 3 is 2.64 bits per heavy atom. The van der Waals surface area contributed by atoms with Crippen molar-refractivity contribution in [1.29, 1.82) is 0 Å². The monoisotopic (exact) mass is 331 g/mol. The van der Waals surface area contributed by atoms with Gasteiger partial charge in [0.1, 0.15) is 5.75 Å². The van der Waals surface area contributed by atoms with E-state index in [9.17, 15) is 14.5 Å². The minimum absolute atomic E-state index is 0.126. The zero-order valence-electron chi connectivity index (χ0n) is 11.8. The number of nitrogens with one attached hydrogen (secondary N) is 1. The molecule has 0 aromatic carbocycles. The molecule has 0 aliphatic heterocycles. The number of aliphatic carboxylic acids is 1. The zero-order valence-corrected chi connectivity index (χ0v) is 12.7. The van der Waals surface area contributed by atoms with Crippen molar-refractivity contribution in [3.8, 4) is 5.75 Å². The summed E-state index contributed by atoms with van der Waals surface area (Å²) in [5.74, 6) is -1.45. The van der Waals surface area contributed by atoms with Gasteiger partial charge in [0.15, 0.2) is 6.21 Å². The van der Waals surface area contributed by atoms with Crippen molar-refractivity contribution in [3.05, 3.63) is 34.8 Å². The Kier molecular flexibility index (Phi) is 5.95.